The van der Waals surface area contributed by atoms with Gasteiger partial charge in [0.05, 0.1) is 10.0 Å². The Bertz CT molecular complexity index is 868. The summed E-state index contributed by atoms with van der Waals surface area (Å²) in [6, 6.07) is 8.97. The van der Waals surface area contributed by atoms with Gasteiger partial charge in [-0.1, -0.05) is 29.3 Å². The van der Waals surface area contributed by atoms with Crippen LogP contribution in [0.1, 0.15) is 21.7 Å². The van der Waals surface area contributed by atoms with Crippen molar-refractivity contribution in [3.05, 3.63) is 69.1 Å². The smallest absolute Gasteiger partial charge is 0.230 e. The van der Waals surface area contributed by atoms with Crippen LogP contribution < -0.4 is 0 Å². The molecule has 106 valence electrons. The first-order valence-electron chi connectivity index (χ1n) is 6.16. The summed E-state index contributed by atoms with van der Waals surface area (Å²) in [5.74, 6) is -0.660. The predicted octanol–water partition coefficient (Wildman–Crippen LogP) is 5.42. The lowest BCUT2D eigenvalue weighted by atomic mass is 10.0. The number of aryl methyl sites for hydroxylation is 1. The van der Waals surface area contributed by atoms with E-state index < -0.39 is 5.82 Å². The number of halogens is 3. The first-order valence-corrected chi connectivity index (χ1v) is 6.92. The highest BCUT2D eigenvalue weighted by atomic mass is 35.5. The zero-order valence-corrected chi connectivity index (χ0v) is 12.4. The molecule has 0 spiro atoms. The maximum absolute atomic E-state index is 13.2. The van der Waals surface area contributed by atoms with Crippen LogP contribution in [0.5, 0.6) is 0 Å². The molecule has 1 aromatic heterocycles. The van der Waals surface area contributed by atoms with Crippen LogP contribution >= 0.6 is 23.2 Å². The molecule has 0 aliphatic rings. The van der Waals surface area contributed by atoms with Gasteiger partial charge in [0.15, 0.2) is 5.76 Å². The van der Waals surface area contributed by atoms with Crippen LogP contribution in [0.3, 0.4) is 0 Å². The lowest BCUT2D eigenvalue weighted by molar-refractivity contribution is 0.101. The highest BCUT2D eigenvalue weighted by Crippen LogP contribution is 2.31. The number of hydrogen-bond acceptors (Lipinski definition) is 2. The second-order valence-electron chi connectivity index (χ2n) is 4.63. The molecular formula is C16H9Cl2FO2. The van der Waals surface area contributed by atoms with E-state index in [4.69, 9.17) is 27.6 Å². The molecule has 0 atom stereocenters. The fourth-order valence-electron chi connectivity index (χ4n) is 2.22. The van der Waals surface area contributed by atoms with Gasteiger partial charge in [-0.15, -0.1) is 0 Å². The SMILES string of the molecule is Cc1c(C(=O)c2cccc(Cl)c2Cl)oc2cc(F)ccc12. The van der Waals surface area contributed by atoms with Gasteiger partial charge in [-0.25, -0.2) is 4.39 Å². The van der Waals surface area contributed by atoms with Crippen LogP contribution in [0.4, 0.5) is 4.39 Å². The molecular weight excluding hydrogens is 314 g/mol. The van der Waals surface area contributed by atoms with Crippen LogP contribution in [0, 0.1) is 12.7 Å². The minimum atomic E-state index is -0.420. The highest BCUT2D eigenvalue weighted by molar-refractivity contribution is 6.44. The Hall–Kier alpha value is -1.84. The van der Waals surface area contributed by atoms with E-state index in [9.17, 15) is 9.18 Å². The molecule has 0 fully saturated rings. The Balaban J connectivity index is 2.18. The van der Waals surface area contributed by atoms with Gasteiger partial charge in [0.2, 0.25) is 5.78 Å². The fraction of sp³-hybridized carbons (Fsp3) is 0.0625. The van der Waals surface area contributed by atoms with Crippen LogP contribution in [-0.4, -0.2) is 5.78 Å². The Labute approximate surface area is 130 Å². The standard InChI is InChI=1S/C16H9Cl2FO2/c1-8-10-6-5-9(19)7-13(10)21-16(8)15(20)11-3-2-4-12(17)14(11)18/h2-7H,1H3. The first-order chi connectivity index (χ1) is 9.99. The zero-order valence-electron chi connectivity index (χ0n) is 10.9. The van der Waals surface area contributed by atoms with E-state index in [1.54, 1.807) is 31.2 Å². The molecule has 0 N–H and O–H groups in total. The Morgan fingerprint density at radius 1 is 1.19 bits per heavy atom. The molecule has 2 nitrogen and oxygen atoms in total. The summed E-state index contributed by atoms with van der Waals surface area (Å²) in [6.07, 6.45) is 0. The summed E-state index contributed by atoms with van der Waals surface area (Å²) >= 11 is 12.0. The molecule has 0 amide bonds. The van der Waals surface area contributed by atoms with Crippen molar-refractivity contribution in [2.75, 3.05) is 0 Å². The second kappa shape index (κ2) is 5.17. The molecule has 0 aliphatic carbocycles. The summed E-state index contributed by atoms with van der Waals surface area (Å²) in [7, 11) is 0. The predicted molar refractivity (Wildman–Crippen MR) is 80.8 cm³/mol. The summed E-state index contributed by atoms with van der Waals surface area (Å²) in [4.78, 5) is 12.6. The van der Waals surface area contributed by atoms with E-state index in [0.717, 1.165) is 0 Å². The number of carbonyl (C=O) groups excluding carboxylic acids is 1. The molecule has 5 heteroatoms. The van der Waals surface area contributed by atoms with Crippen molar-refractivity contribution in [3.8, 4) is 0 Å². The van der Waals surface area contributed by atoms with Gasteiger partial charge >= 0.3 is 0 Å². The topological polar surface area (TPSA) is 30.2 Å². The summed E-state index contributed by atoms with van der Waals surface area (Å²) in [5.41, 5.74) is 1.23. The van der Waals surface area contributed by atoms with Crippen LogP contribution in [0.15, 0.2) is 40.8 Å². The average Bonchev–Trinajstić information content (AvgIpc) is 2.78. The Morgan fingerprint density at radius 2 is 1.95 bits per heavy atom. The summed E-state index contributed by atoms with van der Waals surface area (Å²) in [6.45, 7) is 1.75. The largest absolute Gasteiger partial charge is 0.452 e. The molecule has 0 saturated heterocycles. The molecule has 0 bridgehead atoms. The number of fused-ring (bicyclic) bond motifs is 1. The number of benzene rings is 2. The molecule has 3 aromatic rings. The van der Waals surface area contributed by atoms with Gasteiger partial charge in [-0.05, 0) is 31.2 Å². The quantitative estimate of drug-likeness (QED) is 0.590. The molecule has 0 saturated carbocycles. The van der Waals surface area contributed by atoms with Crippen molar-refractivity contribution in [2.45, 2.75) is 6.92 Å². The molecule has 3 rings (SSSR count). The maximum Gasteiger partial charge on any atom is 0.230 e. The molecule has 0 unspecified atom stereocenters. The van der Waals surface area contributed by atoms with Crippen molar-refractivity contribution >= 4 is 40.0 Å². The molecule has 0 aliphatic heterocycles. The molecule has 1 heterocycles. The zero-order chi connectivity index (χ0) is 15.1. The lowest BCUT2D eigenvalue weighted by Crippen LogP contribution is -2.02. The van der Waals surface area contributed by atoms with Gasteiger partial charge in [0.1, 0.15) is 11.4 Å². The third kappa shape index (κ3) is 2.33. The van der Waals surface area contributed by atoms with Crippen molar-refractivity contribution in [2.24, 2.45) is 0 Å². The highest BCUT2D eigenvalue weighted by Gasteiger charge is 2.22. The number of carbonyl (C=O) groups is 1. The van der Waals surface area contributed by atoms with E-state index in [1.165, 1.54) is 12.1 Å². The average molecular weight is 323 g/mol. The van der Waals surface area contributed by atoms with E-state index in [1.807, 2.05) is 0 Å². The van der Waals surface area contributed by atoms with Crippen LogP contribution in [0.2, 0.25) is 10.0 Å². The van der Waals surface area contributed by atoms with Crippen molar-refractivity contribution < 1.29 is 13.6 Å². The molecule has 2 aromatic carbocycles. The normalized spacial score (nSPS) is 11.0. The van der Waals surface area contributed by atoms with E-state index in [2.05, 4.69) is 0 Å². The first kappa shape index (κ1) is 14.1. The number of rotatable bonds is 2. The van der Waals surface area contributed by atoms with Crippen molar-refractivity contribution in [1.29, 1.82) is 0 Å². The monoisotopic (exact) mass is 322 g/mol. The van der Waals surface area contributed by atoms with Crippen molar-refractivity contribution in [3.63, 3.8) is 0 Å². The minimum Gasteiger partial charge on any atom is -0.452 e. The molecule has 21 heavy (non-hydrogen) atoms. The summed E-state index contributed by atoms with van der Waals surface area (Å²) < 4.78 is 18.7. The van der Waals surface area contributed by atoms with Crippen LogP contribution in [-0.2, 0) is 0 Å². The third-order valence-electron chi connectivity index (χ3n) is 3.30. The third-order valence-corrected chi connectivity index (χ3v) is 4.12. The number of furan rings is 1. The van der Waals surface area contributed by atoms with Gasteiger partial charge in [-0.2, -0.15) is 0 Å². The van der Waals surface area contributed by atoms with Crippen LogP contribution in [0.25, 0.3) is 11.0 Å². The number of hydrogen-bond donors (Lipinski definition) is 0. The van der Waals surface area contributed by atoms with Gasteiger partial charge in [0, 0.05) is 22.6 Å². The minimum absolute atomic E-state index is 0.139. The van der Waals surface area contributed by atoms with Gasteiger partial charge < -0.3 is 4.42 Å². The Morgan fingerprint density at radius 3 is 2.71 bits per heavy atom. The summed E-state index contributed by atoms with van der Waals surface area (Å²) in [5, 5.41) is 1.16. The molecule has 0 radical (unpaired) electrons. The van der Waals surface area contributed by atoms with E-state index in [0.29, 0.717) is 21.6 Å². The van der Waals surface area contributed by atoms with Gasteiger partial charge in [0.25, 0.3) is 0 Å². The van der Waals surface area contributed by atoms with E-state index in [-0.39, 0.29) is 22.1 Å². The van der Waals surface area contributed by atoms with Crippen molar-refractivity contribution in [1.82, 2.24) is 0 Å². The lowest BCUT2D eigenvalue weighted by Gasteiger charge is -2.03. The second-order valence-corrected chi connectivity index (χ2v) is 5.41. The fourth-order valence-corrected chi connectivity index (χ4v) is 2.60. The van der Waals surface area contributed by atoms with E-state index >= 15 is 0 Å². The Kier molecular flexibility index (Phi) is 3.47. The maximum atomic E-state index is 13.2. The number of ketones is 1. The van der Waals surface area contributed by atoms with Gasteiger partial charge in [-0.3, -0.25) is 4.79 Å².